The third-order valence-corrected chi connectivity index (χ3v) is 9.58. The van der Waals surface area contributed by atoms with E-state index in [9.17, 15) is 14.4 Å². The zero-order valence-corrected chi connectivity index (χ0v) is 27.4. The van der Waals surface area contributed by atoms with Gasteiger partial charge in [0.1, 0.15) is 18.1 Å². The summed E-state index contributed by atoms with van der Waals surface area (Å²) in [5.74, 6) is -0.782. The monoisotopic (exact) mass is 638 g/mol. The lowest BCUT2D eigenvalue weighted by molar-refractivity contribution is -0.142. The summed E-state index contributed by atoms with van der Waals surface area (Å²) in [6.45, 7) is 8.46. The van der Waals surface area contributed by atoms with Crippen LogP contribution in [0.15, 0.2) is 53.5 Å². The molecule has 0 spiro atoms. The first kappa shape index (κ1) is 30.9. The molecule has 0 bridgehead atoms. The Balaban J connectivity index is 1.25. The zero-order valence-electron chi connectivity index (χ0n) is 27.4. The Labute approximate surface area is 272 Å². The van der Waals surface area contributed by atoms with Crippen LogP contribution in [0.2, 0.25) is 0 Å². The van der Waals surface area contributed by atoms with E-state index in [4.69, 9.17) is 4.74 Å². The van der Waals surface area contributed by atoms with Gasteiger partial charge in [-0.2, -0.15) is 0 Å². The minimum absolute atomic E-state index is 0.0645. The predicted octanol–water partition coefficient (Wildman–Crippen LogP) is 5.01. The van der Waals surface area contributed by atoms with E-state index in [0.29, 0.717) is 52.9 Å². The Morgan fingerprint density at radius 2 is 1.81 bits per heavy atom. The molecule has 1 N–H and O–H groups in total. The third kappa shape index (κ3) is 5.73. The topological polar surface area (TPSA) is 102 Å². The summed E-state index contributed by atoms with van der Waals surface area (Å²) in [5, 5.41) is 3.14. The number of benzene rings is 2. The van der Waals surface area contributed by atoms with Crippen molar-refractivity contribution in [2.45, 2.75) is 52.7 Å². The van der Waals surface area contributed by atoms with Gasteiger partial charge in [-0.3, -0.25) is 14.4 Å². The van der Waals surface area contributed by atoms with Gasteiger partial charge in [0.2, 0.25) is 0 Å². The second kappa shape index (κ2) is 11.5. The van der Waals surface area contributed by atoms with Gasteiger partial charge in [0.25, 0.3) is 11.5 Å². The SMILES string of the molecule is CC(=O)OCc1c(-c2cn(C)c(=O)c(Nc3ccc(C4CN(C)C4)cc3)n2)cc(F)cc1N1CCn2c(cc3c2CC(C)(C)C3)C1=O. The van der Waals surface area contributed by atoms with E-state index in [2.05, 4.69) is 40.7 Å². The molecule has 10 nitrogen and oxygen atoms in total. The molecule has 1 amide bonds. The Kier molecular flexibility index (Phi) is 7.54. The number of hydrogen-bond donors (Lipinski definition) is 1. The van der Waals surface area contributed by atoms with Gasteiger partial charge in [-0.25, -0.2) is 9.37 Å². The average Bonchev–Trinajstić information content (AvgIpc) is 3.49. The lowest BCUT2D eigenvalue weighted by Gasteiger charge is -2.36. The molecule has 2 aliphatic heterocycles. The zero-order chi connectivity index (χ0) is 33.2. The molecule has 0 unspecified atom stereocenters. The van der Waals surface area contributed by atoms with Crippen LogP contribution in [0.3, 0.4) is 0 Å². The summed E-state index contributed by atoms with van der Waals surface area (Å²) in [5.41, 5.74) is 6.01. The molecule has 1 fully saturated rings. The first-order chi connectivity index (χ1) is 22.4. The van der Waals surface area contributed by atoms with Gasteiger partial charge in [0, 0.05) is 74.8 Å². The fourth-order valence-electron chi connectivity index (χ4n) is 7.26. The number of esters is 1. The number of likely N-dealkylation sites (tertiary alicyclic amines) is 1. The second-order valence-corrected chi connectivity index (χ2v) is 13.9. The maximum absolute atomic E-state index is 15.5. The lowest BCUT2D eigenvalue weighted by atomic mass is 9.90. The van der Waals surface area contributed by atoms with Gasteiger partial charge in [-0.1, -0.05) is 26.0 Å². The molecule has 0 atom stereocenters. The normalized spacial score (nSPS) is 17.3. The van der Waals surface area contributed by atoms with Gasteiger partial charge in [-0.15, -0.1) is 0 Å². The van der Waals surface area contributed by atoms with Crippen LogP contribution < -0.4 is 15.8 Å². The number of hydrogen-bond acceptors (Lipinski definition) is 7. The van der Waals surface area contributed by atoms with Crippen molar-refractivity contribution in [3.8, 4) is 11.3 Å². The molecule has 1 saturated heterocycles. The third-order valence-electron chi connectivity index (χ3n) is 9.58. The number of anilines is 3. The number of aromatic nitrogens is 3. The molecule has 1 aliphatic carbocycles. The maximum atomic E-state index is 15.5. The number of halogens is 1. The quantitative estimate of drug-likeness (QED) is 0.284. The number of nitrogens with zero attached hydrogens (tertiary/aromatic N) is 5. The van der Waals surface area contributed by atoms with Crippen LogP contribution in [0.4, 0.5) is 21.6 Å². The van der Waals surface area contributed by atoms with Gasteiger partial charge < -0.3 is 29.0 Å². The molecule has 47 heavy (non-hydrogen) atoms. The van der Waals surface area contributed by atoms with E-state index in [-0.39, 0.29) is 29.3 Å². The van der Waals surface area contributed by atoms with Gasteiger partial charge in [0.05, 0.1) is 11.4 Å². The molecule has 244 valence electrons. The van der Waals surface area contributed by atoms with Crippen molar-refractivity contribution >= 4 is 29.1 Å². The van der Waals surface area contributed by atoms with Crippen molar-refractivity contribution in [2.24, 2.45) is 12.5 Å². The van der Waals surface area contributed by atoms with Crippen LogP contribution in [-0.4, -0.2) is 57.6 Å². The van der Waals surface area contributed by atoms with E-state index in [0.717, 1.165) is 25.9 Å². The summed E-state index contributed by atoms with van der Waals surface area (Å²) in [6.07, 6.45) is 3.32. The van der Waals surface area contributed by atoms with Gasteiger partial charge >= 0.3 is 5.97 Å². The van der Waals surface area contributed by atoms with Gasteiger partial charge in [-0.05, 0) is 66.8 Å². The number of likely N-dealkylation sites (N-methyl/N-ethyl adjacent to an activating group) is 1. The number of carbonyl (C=O) groups is 2. The Hall–Kier alpha value is -4.77. The summed E-state index contributed by atoms with van der Waals surface area (Å²) >= 11 is 0. The van der Waals surface area contributed by atoms with Crippen molar-refractivity contribution in [1.29, 1.82) is 0 Å². The summed E-state index contributed by atoms with van der Waals surface area (Å²) in [7, 11) is 3.69. The highest BCUT2D eigenvalue weighted by Gasteiger charge is 2.37. The molecule has 0 saturated carbocycles. The summed E-state index contributed by atoms with van der Waals surface area (Å²) in [6, 6.07) is 12.5. The van der Waals surface area contributed by atoms with Crippen LogP contribution in [0, 0.1) is 11.2 Å². The standard InChI is InChI=1S/C36H39FN6O4/c1-21(44)47-20-28-27(29-19-41(5)35(46)33(39-29)38-26-8-6-22(7-9-26)24-17-40(4)18-24)13-25(37)14-30(28)43-11-10-42-31(34(43)45)12-23-15-36(2,3)16-32(23)42/h6-9,12-14,19,24H,10-11,15-18,20H2,1-5H3,(H,38,39). The highest BCUT2D eigenvalue weighted by Crippen LogP contribution is 2.41. The van der Waals surface area contributed by atoms with Crippen molar-refractivity contribution in [1.82, 2.24) is 19.0 Å². The molecule has 2 aromatic heterocycles. The molecular formula is C36H39FN6O4. The van der Waals surface area contributed by atoms with E-state index in [1.807, 2.05) is 30.3 Å². The van der Waals surface area contributed by atoms with Crippen molar-refractivity contribution < 1.29 is 18.7 Å². The molecule has 2 aromatic carbocycles. The van der Waals surface area contributed by atoms with E-state index >= 15 is 4.39 Å². The smallest absolute Gasteiger partial charge is 0.302 e. The molecule has 0 radical (unpaired) electrons. The fourth-order valence-corrected chi connectivity index (χ4v) is 7.26. The largest absolute Gasteiger partial charge is 0.461 e. The van der Waals surface area contributed by atoms with Crippen molar-refractivity contribution in [3.63, 3.8) is 0 Å². The summed E-state index contributed by atoms with van der Waals surface area (Å²) in [4.78, 5) is 47.6. The first-order valence-electron chi connectivity index (χ1n) is 16.0. The first-order valence-corrected chi connectivity index (χ1v) is 16.0. The number of nitrogens with one attached hydrogen (secondary N) is 1. The van der Waals surface area contributed by atoms with E-state index < -0.39 is 11.8 Å². The Morgan fingerprint density at radius 3 is 2.51 bits per heavy atom. The lowest BCUT2D eigenvalue weighted by Crippen LogP contribution is -2.41. The van der Waals surface area contributed by atoms with E-state index in [1.165, 1.54) is 46.6 Å². The maximum Gasteiger partial charge on any atom is 0.302 e. The summed E-state index contributed by atoms with van der Waals surface area (Å²) < 4.78 is 24.4. The Bertz CT molecular complexity index is 1970. The molecule has 3 aliphatic rings. The highest BCUT2D eigenvalue weighted by atomic mass is 19.1. The number of carbonyl (C=O) groups excluding carboxylic acids is 2. The molecule has 4 heterocycles. The number of rotatable bonds is 7. The second-order valence-electron chi connectivity index (χ2n) is 13.9. The van der Waals surface area contributed by atoms with Crippen LogP contribution in [0.25, 0.3) is 11.3 Å². The molecular weight excluding hydrogens is 599 g/mol. The number of aryl methyl sites for hydroxylation is 1. The minimum atomic E-state index is -0.582. The van der Waals surface area contributed by atoms with Crippen molar-refractivity contribution in [3.05, 3.63) is 92.9 Å². The Morgan fingerprint density at radius 1 is 1.06 bits per heavy atom. The number of amides is 1. The van der Waals surface area contributed by atoms with Gasteiger partial charge in [0.15, 0.2) is 5.82 Å². The number of ether oxygens (including phenoxy) is 1. The van der Waals surface area contributed by atoms with Crippen molar-refractivity contribution in [2.75, 3.05) is 36.9 Å². The fraction of sp³-hybridized carbons (Fsp3) is 0.389. The average molecular weight is 639 g/mol. The minimum Gasteiger partial charge on any atom is -0.461 e. The molecule has 7 rings (SSSR count). The molecule has 11 heteroatoms. The highest BCUT2D eigenvalue weighted by molar-refractivity contribution is 6.07. The predicted molar refractivity (Wildman–Crippen MR) is 178 cm³/mol. The van der Waals surface area contributed by atoms with E-state index in [1.54, 1.807) is 11.9 Å². The van der Waals surface area contributed by atoms with Crippen LogP contribution in [0.5, 0.6) is 0 Å². The number of fused-ring (bicyclic) bond motifs is 3. The van der Waals surface area contributed by atoms with Crippen LogP contribution >= 0.6 is 0 Å². The molecule has 4 aromatic rings. The van der Waals surface area contributed by atoms with Crippen LogP contribution in [0.1, 0.15) is 59.6 Å². The van der Waals surface area contributed by atoms with Crippen LogP contribution in [-0.2, 0) is 42.6 Å².